The first-order valence-corrected chi connectivity index (χ1v) is 9.70. The van der Waals surface area contributed by atoms with Crippen molar-refractivity contribution in [3.63, 3.8) is 0 Å². The molecule has 2 aromatic carbocycles. The minimum atomic E-state index is -4.33. The molecule has 0 unspecified atom stereocenters. The molecule has 0 aliphatic carbocycles. The Labute approximate surface area is 168 Å². The molecule has 0 aromatic heterocycles. The van der Waals surface area contributed by atoms with Gasteiger partial charge in [0.25, 0.3) is 5.91 Å². The maximum Gasteiger partial charge on any atom is 0.411 e. The van der Waals surface area contributed by atoms with E-state index >= 15 is 0 Å². The summed E-state index contributed by atoms with van der Waals surface area (Å²) in [5, 5.41) is 0. The Balaban J connectivity index is 1.43. The number of ether oxygens (including phenoxy) is 1. The van der Waals surface area contributed by atoms with Crippen molar-refractivity contribution in [3.8, 4) is 0 Å². The molecule has 1 saturated heterocycles. The van der Waals surface area contributed by atoms with Crippen molar-refractivity contribution in [3.05, 3.63) is 71.3 Å². The van der Waals surface area contributed by atoms with Crippen molar-refractivity contribution in [2.24, 2.45) is 0 Å². The van der Waals surface area contributed by atoms with Crippen molar-refractivity contribution >= 4 is 5.91 Å². The number of amides is 1. The summed E-state index contributed by atoms with van der Waals surface area (Å²) in [6.45, 7) is 2.58. The van der Waals surface area contributed by atoms with Crippen LogP contribution >= 0.6 is 0 Å². The van der Waals surface area contributed by atoms with Gasteiger partial charge in [-0.05, 0) is 29.7 Å². The lowest BCUT2D eigenvalue weighted by Gasteiger charge is -2.34. The molecule has 1 fully saturated rings. The lowest BCUT2D eigenvalue weighted by molar-refractivity contribution is -0.176. The highest BCUT2D eigenvalue weighted by Crippen LogP contribution is 2.16. The SMILES string of the molecule is O=C(c1ccc(COCC(F)(F)F)cc1)N1CCN(CCc2ccccc2)CC1. The molecule has 4 nitrogen and oxygen atoms in total. The van der Waals surface area contributed by atoms with Crippen LogP contribution in [0.25, 0.3) is 0 Å². The molecule has 0 radical (unpaired) electrons. The number of carbonyl (C=O) groups is 1. The highest BCUT2D eigenvalue weighted by molar-refractivity contribution is 5.94. The maximum absolute atomic E-state index is 12.7. The van der Waals surface area contributed by atoms with Crippen LogP contribution in [-0.4, -0.2) is 61.2 Å². The van der Waals surface area contributed by atoms with E-state index in [0.717, 1.165) is 26.1 Å². The summed E-state index contributed by atoms with van der Waals surface area (Å²) in [4.78, 5) is 16.9. The van der Waals surface area contributed by atoms with Crippen LogP contribution < -0.4 is 0 Å². The summed E-state index contributed by atoms with van der Waals surface area (Å²) in [6.07, 6.45) is -3.34. The predicted octanol–water partition coefficient (Wildman–Crippen LogP) is 3.77. The number of hydrogen-bond donors (Lipinski definition) is 0. The summed E-state index contributed by atoms with van der Waals surface area (Å²) in [6, 6.07) is 16.9. The number of hydrogen-bond acceptors (Lipinski definition) is 3. The van der Waals surface area contributed by atoms with Crippen molar-refractivity contribution in [1.82, 2.24) is 9.80 Å². The molecular weight excluding hydrogens is 381 g/mol. The second-order valence-electron chi connectivity index (χ2n) is 7.17. The van der Waals surface area contributed by atoms with E-state index in [2.05, 4.69) is 21.8 Å². The lowest BCUT2D eigenvalue weighted by Crippen LogP contribution is -2.49. The normalized spacial score (nSPS) is 15.5. The van der Waals surface area contributed by atoms with E-state index in [1.165, 1.54) is 5.56 Å². The van der Waals surface area contributed by atoms with Crippen LogP contribution in [0.1, 0.15) is 21.5 Å². The number of rotatable bonds is 7. The van der Waals surface area contributed by atoms with E-state index in [4.69, 9.17) is 0 Å². The van der Waals surface area contributed by atoms with E-state index in [9.17, 15) is 18.0 Å². The third-order valence-corrected chi connectivity index (χ3v) is 4.95. The molecule has 7 heteroatoms. The summed E-state index contributed by atoms with van der Waals surface area (Å²) in [5.41, 5.74) is 2.46. The quantitative estimate of drug-likeness (QED) is 0.702. The fraction of sp³-hybridized carbons (Fsp3) is 0.409. The molecule has 3 rings (SSSR count). The summed E-state index contributed by atoms with van der Waals surface area (Å²) < 4.78 is 41.0. The number of halogens is 3. The molecule has 2 aromatic rings. The van der Waals surface area contributed by atoms with E-state index in [1.807, 2.05) is 23.1 Å². The standard InChI is InChI=1S/C22H25F3N2O2/c23-22(24,25)17-29-16-19-6-8-20(9-7-19)21(28)27-14-12-26(13-15-27)11-10-18-4-2-1-3-5-18/h1-9H,10-17H2. The fourth-order valence-corrected chi connectivity index (χ4v) is 3.32. The van der Waals surface area contributed by atoms with Crippen LogP contribution in [0.15, 0.2) is 54.6 Å². The van der Waals surface area contributed by atoms with Crippen LogP contribution in [0.5, 0.6) is 0 Å². The van der Waals surface area contributed by atoms with Gasteiger partial charge in [-0.25, -0.2) is 0 Å². The van der Waals surface area contributed by atoms with E-state index in [0.29, 0.717) is 24.2 Å². The van der Waals surface area contributed by atoms with Crippen molar-refractivity contribution < 1.29 is 22.7 Å². The molecule has 29 heavy (non-hydrogen) atoms. The van der Waals surface area contributed by atoms with Gasteiger partial charge >= 0.3 is 6.18 Å². The van der Waals surface area contributed by atoms with Crippen molar-refractivity contribution in [2.45, 2.75) is 19.2 Å². The van der Waals surface area contributed by atoms with E-state index in [-0.39, 0.29) is 12.5 Å². The Morgan fingerprint density at radius 3 is 2.17 bits per heavy atom. The van der Waals surface area contributed by atoms with Crippen LogP contribution in [0, 0.1) is 0 Å². The smallest absolute Gasteiger partial charge is 0.367 e. The highest BCUT2D eigenvalue weighted by Gasteiger charge is 2.27. The zero-order valence-electron chi connectivity index (χ0n) is 16.2. The molecular formula is C22H25F3N2O2. The molecule has 156 valence electrons. The Bertz CT molecular complexity index is 771. The predicted molar refractivity (Wildman–Crippen MR) is 105 cm³/mol. The number of benzene rings is 2. The average Bonchev–Trinajstić information content (AvgIpc) is 2.72. The van der Waals surface area contributed by atoms with Gasteiger partial charge < -0.3 is 9.64 Å². The minimum Gasteiger partial charge on any atom is -0.367 e. The fourth-order valence-electron chi connectivity index (χ4n) is 3.32. The Kier molecular flexibility index (Phi) is 7.28. The first kappa shape index (κ1) is 21.3. The molecule has 0 saturated carbocycles. The van der Waals surface area contributed by atoms with Crippen molar-refractivity contribution in [1.29, 1.82) is 0 Å². The van der Waals surface area contributed by atoms with E-state index in [1.54, 1.807) is 24.3 Å². The monoisotopic (exact) mass is 406 g/mol. The third-order valence-electron chi connectivity index (χ3n) is 4.95. The molecule has 0 spiro atoms. The summed E-state index contributed by atoms with van der Waals surface area (Å²) in [5.74, 6) is -0.0459. The molecule has 0 N–H and O–H groups in total. The number of carbonyl (C=O) groups excluding carboxylic acids is 1. The minimum absolute atomic E-state index is 0.0459. The topological polar surface area (TPSA) is 32.8 Å². The zero-order chi connectivity index (χ0) is 20.7. The molecule has 1 aliphatic heterocycles. The van der Waals surface area contributed by atoms with Crippen molar-refractivity contribution in [2.75, 3.05) is 39.3 Å². The van der Waals surface area contributed by atoms with Gasteiger partial charge in [0.2, 0.25) is 0 Å². The highest BCUT2D eigenvalue weighted by atomic mass is 19.4. The van der Waals surface area contributed by atoms with Gasteiger partial charge in [0, 0.05) is 38.3 Å². The second kappa shape index (κ2) is 9.89. The first-order chi connectivity index (χ1) is 13.9. The third kappa shape index (κ3) is 6.87. The van der Waals surface area contributed by atoms with Crippen LogP contribution in [0.3, 0.4) is 0 Å². The van der Waals surface area contributed by atoms with Gasteiger partial charge in [0.15, 0.2) is 0 Å². The van der Waals surface area contributed by atoms with Gasteiger partial charge in [0.1, 0.15) is 6.61 Å². The first-order valence-electron chi connectivity index (χ1n) is 9.70. The van der Waals surface area contributed by atoms with Crippen LogP contribution in [0.4, 0.5) is 13.2 Å². The lowest BCUT2D eigenvalue weighted by atomic mass is 10.1. The molecule has 0 bridgehead atoms. The Hall–Kier alpha value is -2.38. The van der Waals surface area contributed by atoms with E-state index < -0.39 is 12.8 Å². The van der Waals surface area contributed by atoms with Crippen LogP contribution in [-0.2, 0) is 17.8 Å². The summed E-state index contributed by atoms with van der Waals surface area (Å²) in [7, 11) is 0. The van der Waals surface area contributed by atoms with Gasteiger partial charge in [-0.15, -0.1) is 0 Å². The average molecular weight is 406 g/mol. The Morgan fingerprint density at radius 1 is 0.897 bits per heavy atom. The molecule has 1 heterocycles. The van der Waals surface area contributed by atoms with Gasteiger partial charge in [-0.1, -0.05) is 42.5 Å². The molecule has 1 amide bonds. The van der Waals surface area contributed by atoms with Gasteiger partial charge in [0.05, 0.1) is 6.61 Å². The second-order valence-corrected chi connectivity index (χ2v) is 7.17. The zero-order valence-corrected chi connectivity index (χ0v) is 16.2. The Morgan fingerprint density at radius 2 is 1.55 bits per heavy atom. The summed E-state index contributed by atoms with van der Waals surface area (Å²) >= 11 is 0. The molecule has 0 atom stereocenters. The number of nitrogens with zero attached hydrogens (tertiary/aromatic N) is 2. The maximum atomic E-state index is 12.7. The van der Waals surface area contributed by atoms with Gasteiger partial charge in [-0.3, -0.25) is 9.69 Å². The largest absolute Gasteiger partial charge is 0.411 e. The number of alkyl halides is 3. The van der Waals surface area contributed by atoms with Crippen LogP contribution in [0.2, 0.25) is 0 Å². The molecule has 1 aliphatic rings. The van der Waals surface area contributed by atoms with Gasteiger partial charge in [-0.2, -0.15) is 13.2 Å². The number of piperazine rings is 1.